The van der Waals surface area contributed by atoms with E-state index in [0.717, 1.165) is 16.7 Å². The first-order valence-corrected chi connectivity index (χ1v) is 11.7. The molecular weight excluding hydrogens is 419 g/mol. The summed E-state index contributed by atoms with van der Waals surface area (Å²) in [7, 11) is -3.62. The summed E-state index contributed by atoms with van der Waals surface area (Å²) in [6.45, 7) is 7.61. The maximum atomic E-state index is 13.4. The first kappa shape index (κ1) is 23.0. The maximum absolute atomic E-state index is 13.4. The predicted octanol–water partition coefficient (Wildman–Crippen LogP) is 4.03. The van der Waals surface area contributed by atoms with E-state index in [1.54, 1.807) is 32.2 Å². The number of rotatable bonds is 9. The lowest BCUT2D eigenvalue weighted by Gasteiger charge is -2.20. The molecule has 166 valence electrons. The molecule has 2 aromatic rings. The number of aromatic nitrogens is 1. The van der Waals surface area contributed by atoms with Crippen molar-refractivity contribution >= 4 is 42.1 Å². The van der Waals surface area contributed by atoms with Crippen molar-refractivity contribution < 1.29 is 28.3 Å². The van der Waals surface area contributed by atoms with Crippen LogP contribution in [0, 0.1) is 13.8 Å². The van der Waals surface area contributed by atoms with Crippen LogP contribution < -0.4 is 10.6 Å². The van der Waals surface area contributed by atoms with Gasteiger partial charge in [0.05, 0.1) is 29.8 Å². The SMILES string of the molecule is CCOP(=O)(OCC)c1cc(C)cc2c1NC(=O)/C2=C\c1[nH]cc(C)c1CCC(=O)O. The quantitative estimate of drug-likeness (QED) is 0.395. The number of aromatic amines is 1. The lowest BCUT2D eigenvalue weighted by Crippen LogP contribution is -2.16. The highest BCUT2D eigenvalue weighted by molar-refractivity contribution is 7.62. The average molecular weight is 446 g/mol. The lowest BCUT2D eigenvalue weighted by atomic mass is 10.0. The zero-order valence-corrected chi connectivity index (χ0v) is 19.0. The summed E-state index contributed by atoms with van der Waals surface area (Å²) >= 11 is 0. The van der Waals surface area contributed by atoms with Crippen molar-refractivity contribution in [1.82, 2.24) is 4.98 Å². The number of fused-ring (bicyclic) bond motifs is 1. The van der Waals surface area contributed by atoms with E-state index in [4.69, 9.17) is 14.2 Å². The van der Waals surface area contributed by atoms with Crippen LogP contribution in [0.1, 0.15) is 48.2 Å². The molecule has 9 heteroatoms. The first-order valence-electron chi connectivity index (χ1n) is 10.2. The Morgan fingerprint density at radius 2 is 1.87 bits per heavy atom. The molecule has 3 rings (SSSR count). The minimum absolute atomic E-state index is 0.00714. The molecule has 1 aliphatic rings. The zero-order valence-electron chi connectivity index (χ0n) is 18.1. The number of amides is 1. The molecule has 2 heterocycles. The maximum Gasteiger partial charge on any atom is 0.363 e. The summed E-state index contributed by atoms with van der Waals surface area (Å²) < 4.78 is 24.4. The van der Waals surface area contributed by atoms with Gasteiger partial charge in [-0.25, -0.2) is 0 Å². The Bertz CT molecular complexity index is 1090. The van der Waals surface area contributed by atoms with E-state index in [2.05, 4.69) is 10.3 Å². The number of carboxylic acids is 1. The van der Waals surface area contributed by atoms with Gasteiger partial charge in [-0.05, 0) is 69.0 Å². The molecule has 0 atom stereocenters. The molecule has 1 amide bonds. The smallest absolute Gasteiger partial charge is 0.363 e. The van der Waals surface area contributed by atoms with Gasteiger partial charge in [0.2, 0.25) is 0 Å². The second-order valence-electron chi connectivity index (χ2n) is 7.31. The summed E-state index contributed by atoms with van der Waals surface area (Å²) in [5, 5.41) is 12.2. The highest BCUT2D eigenvalue weighted by Gasteiger charge is 2.36. The third-order valence-corrected chi connectivity index (χ3v) is 7.19. The Hall–Kier alpha value is -2.67. The van der Waals surface area contributed by atoms with Crippen LogP contribution in [-0.4, -0.2) is 35.2 Å². The van der Waals surface area contributed by atoms with E-state index in [1.165, 1.54) is 0 Å². The summed E-state index contributed by atoms with van der Waals surface area (Å²) in [4.78, 5) is 27.0. The van der Waals surface area contributed by atoms with Gasteiger partial charge in [-0.3, -0.25) is 14.2 Å². The molecule has 0 aliphatic carbocycles. The number of H-pyrrole nitrogens is 1. The van der Waals surface area contributed by atoms with E-state index in [0.29, 0.717) is 34.2 Å². The average Bonchev–Trinajstić information content (AvgIpc) is 3.20. The van der Waals surface area contributed by atoms with Crippen LogP contribution in [0.25, 0.3) is 11.6 Å². The summed E-state index contributed by atoms with van der Waals surface area (Å²) in [6.07, 6.45) is 3.84. The van der Waals surface area contributed by atoms with Crippen LogP contribution in [0.3, 0.4) is 0 Å². The van der Waals surface area contributed by atoms with Crippen LogP contribution in [0.4, 0.5) is 5.69 Å². The molecule has 0 radical (unpaired) electrons. The predicted molar refractivity (Wildman–Crippen MR) is 120 cm³/mol. The second-order valence-corrected chi connectivity index (χ2v) is 9.30. The Morgan fingerprint density at radius 1 is 1.19 bits per heavy atom. The Morgan fingerprint density at radius 3 is 2.48 bits per heavy atom. The fraction of sp³-hybridized carbons (Fsp3) is 0.364. The van der Waals surface area contributed by atoms with Crippen LogP contribution in [-0.2, 0) is 29.6 Å². The van der Waals surface area contributed by atoms with Gasteiger partial charge in [0, 0.05) is 23.9 Å². The van der Waals surface area contributed by atoms with Crippen molar-refractivity contribution in [1.29, 1.82) is 0 Å². The van der Waals surface area contributed by atoms with E-state index >= 15 is 0 Å². The molecule has 31 heavy (non-hydrogen) atoms. The molecule has 1 aliphatic heterocycles. The highest BCUT2D eigenvalue weighted by atomic mass is 31.2. The molecule has 0 bridgehead atoms. The van der Waals surface area contributed by atoms with E-state index in [-0.39, 0.29) is 25.5 Å². The van der Waals surface area contributed by atoms with Crippen molar-refractivity contribution in [3.05, 3.63) is 46.3 Å². The molecule has 0 unspecified atom stereocenters. The number of carbonyl (C=O) groups is 2. The van der Waals surface area contributed by atoms with Crippen LogP contribution in [0.5, 0.6) is 0 Å². The number of aliphatic carboxylic acids is 1. The largest absolute Gasteiger partial charge is 0.481 e. The summed E-state index contributed by atoms with van der Waals surface area (Å²) in [5.41, 5.74) is 4.69. The summed E-state index contributed by atoms with van der Waals surface area (Å²) in [6, 6.07) is 3.56. The zero-order chi connectivity index (χ0) is 22.8. The van der Waals surface area contributed by atoms with E-state index in [1.807, 2.05) is 19.9 Å². The molecule has 8 nitrogen and oxygen atoms in total. The Kier molecular flexibility index (Phi) is 6.84. The third kappa shape index (κ3) is 4.66. The van der Waals surface area contributed by atoms with Crippen molar-refractivity contribution in [3.63, 3.8) is 0 Å². The number of anilines is 1. The van der Waals surface area contributed by atoms with Crippen molar-refractivity contribution in [2.45, 2.75) is 40.5 Å². The van der Waals surface area contributed by atoms with Crippen molar-refractivity contribution in [2.75, 3.05) is 18.5 Å². The molecule has 1 aromatic carbocycles. The number of aryl methyl sites for hydroxylation is 2. The molecule has 0 fully saturated rings. The number of hydrogen-bond donors (Lipinski definition) is 3. The van der Waals surface area contributed by atoms with E-state index < -0.39 is 13.6 Å². The van der Waals surface area contributed by atoms with Crippen molar-refractivity contribution in [3.8, 4) is 0 Å². The fourth-order valence-corrected chi connectivity index (χ4v) is 5.54. The topological polar surface area (TPSA) is 118 Å². The van der Waals surface area contributed by atoms with Gasteiger partial charge in [-0.2, -0.15) is 0 Å². The Labute approximate surface area is 181 Å². The first-order chi connectivity index (χ1) is 14.7. The van der Waals surface area contributed by atoms with Gasteiger partial charge in [-0.15, -0.1) is 0 Å². The van der Waals surface area contributed by atoms with Gasteiger partial charge in [-0.1, -0.05) is 0 Å². The number of carboxylic acid groups (broad SMARTS) is 1. The highest BCUT2D eigenvalue weighted by Crippen LogP contribution is 2.51. The van der Waals surface area contributed by atoms with Gasteiger partial charge in [0.15, 0.2) is 0 Å². The molecule has 0 spiro atoms. The molecule has 1 aromatic heterocycles. The molecule has 0 saturated carbocycles. The minimum Gasteiger partial charge on any atom is -0.481 e. The van der Waals surface area contributed by atoms with Crippen molar-refractivity contribution in [2.24, 2.45) is 0 Å². The number of benzene rings is 1. The standard InChI is InChI=1S/C22H27N2O6P/c1-5-29-31(28,30-6-2)19-10-13(3)9-16-17(22(27)24-21(16)19)11-18-15(7-8-20(25)26)14(4)12-23-18/h9-12,23H,5-8H2,1-4H3,(H,24,27)(H,25,26)/b17-11-. The molecule has 0 saturated heterocycles. The van der Waals surface area contributed by atoms with Crippen LogP contribution in [0.15, 0.2) is 18.3 Å². The van der Waals surface area contributed by atoms with Crippen LogP contribution in [0.2, 0.25) is 0 Å². The number of carbonyl (C=O) groups excluding carboxylic acids is 1. The molecular formula is C22H27N2O6P. The van der Waals surface area contributed by atoms with Gasteiger partial charge in [0.25, 0.3) is 5.91 Å². The number of hydrogen-bond acceptors (Lipinski definition) is 5. The van der Waals surface area contributed by atoms with Gasteiger partial charge in [0.1, 0.15) is 0 Å². The van der Waals surface area contributed by atoms with Gasteiger partial charge >= 0.3 is 13.6 Å². The number of nitrogens with one attached hydrogen (secondary N) is 2. The Balaban J connectivity index is 2.12. The fourth-order valence-electron chi connectivity index (χ4n) is 3.70. The minimum atomic E-state index is -3.62. The monoisotopic (exact) mass is 446 g/mol. The summed E-state index contributed by atoms with van der Waals surface area (Å²) in [5.74, 6) is -1.22. The lowest BCUT2D eigenvalue weighted by molar-refractivity contribution is -0.137. The third-order valence-electron chi connectivity index (χ3n) is 5.05. The van der Waals surface area contributed by atoms with E-state index in [9.17, 15) is 14.2 Å². The van der Waals surface area contributed by atoms with Crippen LogP contribution >= 0.6 is 7.60 Å². The van der Waals surface area contributed by atoms with Gasteiger partial charge < -0.3 is 24.5 Å². The molecule has 3 N–H and O–H groups in total. The second kappa shape index (κ2) is 9.22. The normalized spacial score (nSPS) is 14.7.